The molecule has 0 fully saturated rings. The van der Waals surface area contributed by atoms with Crippen LogP contribution in [0.3, 0.4) is 0 Å². The van der Waals surface area contributed by atoms with Gasteiger partial charge in [-0.1, -0.05) is 30.0 Å². The summed E-state index contributed by atoms with van der Waals surface area (Å²) in [6.45, 7) is 0.438. The molecule has 1 amide bonds. The molecule has 0 bridgehead atoms. The fourth-order valence-corrected chi connectivity index (χ4v) is 4.80. The number of benzene rings is 2. The number of aromatic nitrogens is 3. The lowest BCUT2D eigenvalue weighted by atomic mass is 10.2. The van der Waals surface area contributed by atoms with E-state index in [-0.39, 0.29) is 17.9 Å². The fourth-order valence-electron chi connectivity index (χ4n) is 3.84. The molecular weight excluding hydrogens is 492 g/mol. The van der Waals surface area contributed by atoms with Crippen LogP contribution in [0.25, 0.3) is 10.9 Å². The number of hydrogen-bond acceptors (Lipinski definition) is 8. The van der Waals surface area contributed by atoms with Crippen molar-refractivity contribution in [1.29, 1.82) is 0 Å². The Morgan fingerprint density at radius 2 is 1.73 bits per heavy atom. The minimum atomic E-state index is -0.190. The minimum absolute atomic E-state index is 0.106. The second-order valence-electron chi connectivity index (χ2n) is 8.00. The fraction of sp³-hybridized carbons (Fsp3) is 0.259. The Kier molecular flexibility index (Phi) is 8.63. The number of rotatable bonds is 11. The standard InChI is InChI=1S/C27H28N4O5S/c1-34-22-16-19(17-23(35-2)25(22)36-3)29-24(32)12-15-37-27-30-21-10-5-4-9-20(21)26(33)31(27)14-11-18-8-6-7-13-28-18/h4-10,13,16-17H,11-12,14-15H2,1-3H3,(H,29,32). The number of carbonyl (C=O) groups is 1. The smallest absolute Gasteiger partial charge is 0.262 e. The van der Waals surface area contributed by atoms with Crippen molar-refractivity contribution in [1.82, 2.24) is 14.5 Å². The van der Waals surface area contributed by atoms with Gasteiger partial charge in [-0.05, 0) is 24.3 Å². The van der Waals surface area contributed by atoms with E-state index in [1.54, 1.807) is 29.0 Å². The molecule has 9 nitrogen and oxygen atoms in total. The molecule has 0 aliphatic heterocycles. The van der Waals surface area contributed by atoms with Crippen molar-refractivity contribution in [2.24, 2.45) is 0 Å². The van der Waals surface area contributed by atoms with Crippen LogP contribution >= 0.6 is 11.8 Å². The monoisotopic (exact) mass is 520 g/mol. The highest BCUT2D eigenvalue weighted by Gasteiger charge is 2.16. The van der Waals surface area contributed by atoms with Crippen molar-refractivity contribution in [2.45, 2.75) is 24.5 Å². The summed E-state index contributed by atoms with van der Waals surface area (Å²) in [5.74, 6) is 1.59. The van der Waals surface area contributed by atoms with Crippen LogP contribution in [0.1, 0.15) is 12.1 Å². The van der Waals surface area contributed by atoms with Crippen LogP contribution in [-0.2, 0) is 17.8 Å². The van der Waals surface area contributed by atoms with Gasteiger partial charge in [0.15, 0.2) is 16.7 Å². The number of nitrogens with zero attached hydrogens (tertiary/aromatic N) is 3. The van der Waals surface area contributed by atoms with Gasteiger partial charge in [0.05, 0.1) is 32.2 Å². The minimum Gasteiger partial charge on any atom is -0.493 e. The molecule has 0 radical (unpaired) electrons. The molecule has 0 aliphatic rings. The molecule has 1 N–H and O–H groups in total. The predicted molar refractivity (Wildman–Crippen MR) is 144 cm³/mol. The number of carbonyl (C=O) groups excluding carboxylic acids is 1. The van der Waals surface area contributed by atoms with Gasteiger partial charge in [0, 0.05) is 54.9 Å². The number of thioether (sulfide) groups is 1. The molecule has 0 saturated carbocycles. The molecule has 0 spiro atoms. The Morgan fingerprint density at radius 1 is 1.00 bits per heavy atom. The third-order valence-corrected chi connectivity index (χ3v) is 6.63. The molecule has 192 valence electrons. The first kappa shape index (κ1) is 26.0. The van der Waals surface area contributed by atoms with Crippen LogP contribution in [0.5, 0.6) is 17.2 Å². The average molecular weight is 521 g/mol. The van der Waals surface area contributed by atoms with Crippen molar-refractivity contribution in [3.63, 3.8) is 0 Å². The van der Waals surface area contributed by atoms with E-state index >= 15 is 0 Å². The van der Waals surface area contributed by atoms with E-state index in [4.69, 9.17) is 19.2 Å². The maximum atomic E-state index is 13.3. The van der Waals surface area contributed by atoms with Crippen molar-refractivity contribution in [2.75, 3.05) is 32.4 Å². The van der Waals surface area contributed by atoms with Gasteiger partial charge in [-0.2, -0.15) is 0 Å². The maximum Gasteiger partial charge on any atom is 0.262 e. The molecule has 0 unspecified atom stereocenters. The number of methoxy groups -OCH3 is 3. The molecular formula is C27H28N4O5S. The average Bonchev–Trinajstić information content (AvgIpc) is 2.92. The van der Waals surface area contributed by atoms with Crippen molar-refractivity contribution in [3.05, 3.63) is 76.8 Å². The summed E-state index contributed by atoms with van der Waals surface area (Å²) in [5.41, 5.74) is 1.95. The largest absolute Gasteiger partial charge is 0.493 e. The quantitative estimate of drug-likeness (QED) is 0.232. The van der Waals surface area contributed by atoms with E-state index in [2.05, 4.69) is 10.3 Å². The van der Waals surface area contributed by atoms with Crippen LogP contribution in [0.15, 0.2) is 70.7 Å². The second-order valence-corrected chi connectivity index (χ2v) is 9.06. The molecule has 2 aromatic heterocycles. The zero-order chi connectivity index (χ0) is 26.2. The molecule has 0 saturated heterocycles. The number of pyridine rings is 1. The van der Waals surface area contributed by atoms with Gasteiger partial charge < -0.3 is 19.5 Å². The first-order valence-corrected chi connectivity index (χ1v) is 12.6. The van der Waals surface area contributed by atoms with Crippen molar-refractivity contribution < 1.29 is 19.0 Å². The normalized spacial score (nSPS) is 10.8. The third-order valence-electron chi connectivity index (χ3n) is 5.65. The lowest BCUT2D eigenvalue weighted by Gasteiger charge is -2.15. The first-order chi connectivity index (χ1) is 18.0. The molecule has 0 atom stereocenters. The van der Waals surface area contributed by atoms with E-state index in [1.807, 2.05) is 36.4 Å². The number of amides is 1. The summed E-state index contributed by atoms with van der Waals surface area (Å²) in [7, 11) is 4.56. The molecule has 2 aromatic carbocycles. The summed E-state index contributed by atoms with van der Waals surface area (Å²) >= 11 is 1.37. The molecule has 10 heteroatoms. The lowest BCUT2D eigenvalue weighted by molar-refractivity contribution is -0.115. The summed E-state index contributed by atoms with van der Waals surface area (Å²) in [4.78, 5) is 35.0. The van der Waals surface area contributed by atoms with E-state index < -0.39 is 0 Å². The number of nitrogens with one attached hydrogen (secondary N) is 1. The molecule has 0 aliphatic carbocycles. The summed E-state index contributed by atoms with van der Waals surface area (Å²) in [5, 5.41) is 4.00. The van der Waals surface area contributed by atoms with Crippen molar-refractivity contribution in [3.8, 4) is 17.2 Å². The molecule has 4 rings (SSSR count). The number of para-hydroxylation sites is 1. The topological polar surface area (TPSA) is 105 Å². The van der Waals surface area contributed by atoms with Crippen molar-refractivity contribution >= 4 is 34.3 Å². The van der Waals surface area contributed by atoms with Crippen LogP contribution < -0.4 is 25.1 Å². The van der Waals surface area contributed by atoms with Crippen LogP contribution in [0, 0.1) is 0 Å². The Balaban J connectivity index is 1.47. The molecule has 4 aromatic rings. The van der Waals surface area contributed by atoms with Crippen LogP contribution in [-0.4, -0.2) is 47.5 Å². The first-order valence-electron chi connectivity index (χ1n) is 11.7. The van der Waals surface area contributed by atoms with Crippen LogP contribution in [0.2, 0.25) is 0 Å². The van der Waals surface area contributed by atoms with Gasteiger partial charge in [-0.25, -0.2) is 4.98 Å². The zero-order valence-electron chi connectivity index (χ0n) is 20.9. The lowest BCUT2D eigenvalue weighted by Crippen LogP contribution is -2.24. The Bertz CT molecular complexity index is 1420. The summed E-state index contributed by atoms with van der Waals surface area (Å²) in [6, 6.07) is 16.3. The highest BCUT2D eigenvalue weighted by molar-refractivity contribution is 7.99. The number of ether oxygens (including phenoxy) is 3. The number of hydrogen-bond donors (Lipinski definition) is 1. The van der Waals surface area contributed by atoms with Gasteiger partial charge in [-0.15, -0.1) is 0 Å². The van der Waals surface area contributed by atoms with E-state index in [1.165, 1.54) is 33.1 Å². The van der Waals surface area contributed by atoms with Gasteiger partial charge in [-0.3, -0.25) is 19.1 Å². The Labute approximate surface area is 218 Å². The summed E-state index contributed by atoms with van der Waals surface area (Å²) < 4.78 is 17.7. The molecule has 37 heavy (non-hydrogen) atoms. The van der Waals surface area contributed by atoms with Gasteiger partial charge >= 0.3 is 0 Å². The van der Waals surface area contributed by atoms with Gasteiger partial charge in [0.2, 0.25) is 11.7 Å². The molecule has 2 heterocycles. The maximum absolute atomic E-state index is 13.3. The Hall–Kier alpha value is -4.05. The third kappa shape index (κ3) is 6.21. The van der Waals surface area contributed by atoms with E-state index in [0.29, 0.717) is 57.7 Å². The predicted octanol–water partition coefficient (Wildman–Crippen LogP) is 4.18. The number of aryl methyl sites for hydroxylation is 1. The van der Waals surface area contributed by atoms with E-state index in [0.717, 1.165) is 5.69 Å². The van der Waals surface area contributed by atoms with Gasteiger partial charge in [0.1, 0.15) is 0 Å². The van der Waals surface area contributed by atoms with E-state index in [9.17, 15) is 9.59 Å². The van der Waals surface area contributed by atoms with Crippen LogP contribution in [0.4, 0.5) is 5.69 Å². The highest BCUT2D eigenvalue weighted by atomic mass is 32.2. The zero-order valence-corrected chi connectivity index (χ0v) is 21.7. The Morgan fingerprint density at radius 3 is 2.41 bits per heavy atom. The second kappa shape index (κ2) is 12.3. The van der Waals surface area contributed by atoms with Gasteiger partial charge in [0.25, 0.3) is 5.56 Å². The number of fused-ring (bicyclic) bond motifs is 1. The SMILES string of the molecule is COc1cc(NC(=O)CCSc2nc3ccccc3c(=O)n2CCc2ccccn2)cc(OC)c1OC. The highest BCUT2D eigenvalue weighted by Crippen LogP contribution is 2.40. The summed E-state index contributed by atoms with van der Waals surface area (Å²) in [6.07, 6.45) is 2.54. The number of anilines is 1.